The van der Waals surface area contributed by atoms with E-state index in [4.69, 9.17) is 9.84 Å². The number of hydrogen-bond donors (Lipinski definition) is 1. The summed E-state index contributed by atoms with van der Waals surface area (Å²) in [6.07, 6.45) is 0. The molecule has 0 amide bonds. The van der Waals surface area contributed by atoms with Gasteiger partial charge in [0.15, 0.2) is 5.75 Å². The van der Waals surface area contributed by atoms with Crippen molar-refractivity contribution in [1.82, 2.24) is 0 Å². The molecule has 0 aliphatic rings. The van der Waals surface area contributed by atoms with Crippen LogP contribution in [0.25, 0.3) is 0 Å². The van der Waals surface area contributed by atoms with Gasteiger partial charge >= 0.3 is 11.7 Å². The Bertz CT molecular complexity index is 702. The molecule has 2 rings (SSSR count). The van der Waals surface area contributed by atoms with Crippen LogP contribution in [0.3, 0.4) is 0 Å². The molecule has 0 spiro atoms. The van der Waals surface area contributed by atoms with Crippen LogP contribution in [0.4, 0.5) is 10.1 Å². The van der Waals surface area contributed by atoms with E-state index in [1.807, 2.05) is 0 Å². The van der Waals surface area contributed by atoms with E-state index in [-0.39, 0.29) is 29.2 Å². The van der Waals surface area contributed by atoms with Crippen LogP contribution in [0.5, 0.6) is 5.75 Å². The van der Waals surface area contributed by atoms with E-state index >= 15 is 0 Å². The summed E-state index contributed by atoms with van der Waals surface area (Å²) >= 11 is 0. The second-order valence-corrected chi connectivity index (χ2v) is 4.12. The Balaban J connectivity index is 2.27. The second-order valence-electron chi connectivity index (χ2n) is 4.12. The lowest BCUT2D eigenvalue weighted by Gasteiger charge is -2.09. The number of carboxylic acid groups (broad SMARTS) is 1. The van der Waals surface area contributed by atoms with Crippen LogP contribution >= 0.6 is 0 Å². The minimum Gasteiger partial charge on any atom is -0.482 e. The van der Waals surface area contributed by atoms with Crippen LogP contribution in [0.1, 0.15) is 15.9 Å². The fraction of sp³-hybridized carbons (Fsp3) is 0.0714. The molecule has 0 fully saturated rings. The molecule has 108 valence electrons. The van der Waals surface area contributed by atoms with Crippen molar-refractivity contribution < 1.29 is 24.0 Å². The molecule has 2 aromatic rings. The number of para-hydroxylation sites is 2. The molecule has 0 heterocycles. The van der Waals surface area contributed by atoms with Gasteiger partial charge in [0.1, 0.15) is 12.4 Å². The van der Waals surface area contributed by atoms with Crippen LogP contribution in [0, 0.1) is 15.9 Å². The van der Waals surface area contributed by atoms with Gasteiger partial charge in [0.2, 0.25) is 0 Å². The van der Waals surface area contributed by atoms with Gasteiger partial charge in [-0.25, -0.2) is 9.18 Å². The number of halogens is 1. The number of carbonyl (C=O) groups is 1. The standard InChI is InChI=1S/C14H10FNO5/c15-10-5-6-11(14(17)18)9(7-10)8-21-13-4-2-1-3-12(13)16(19)20/h1-7H,8H2,(H,17,18). The summed E-state index contributed by atoms with van der Waals surface area (Å²) in [6, 6.07) is 8.85. The highest BCUT2D eigenvalue weighted by Gasteiger charge is 2.16. The minimum atomic E-state index is -1.23. The average molecular weight is 291 g/mol. The van der Waals surface area contributed by atoms with Crippen LogP contribution in [0.15, 0.2) is 42.5 Å². The number of nitro benzene ring substituents is 1. The maximum absolute atomic E-state index is 13.2. The van der Waals surface area contributed by atoms with Crippen LogP contribution < -0.4 is 4.74 Å². The molecule has 0 saturated heterocycles. The molecular formula is C14H10FNO5. The minimum absolute atomic E-state index is 0.0110. The van der Waals surface area contributed by atoms with Crippen LogP contribution in [-0.4, -0.2) is 16.0 Å². The number of hydrogen-bond acceptors (Lipinski definition) is 4. The Morgan fingerprint density at radius 2 is 2.00 bits per heavy atom. The number of benzene rings is 2. The monoisotopic (exact) mass is 291 g/mol. The van der Waals surface area contributed by atoms with Crippen molar-refractivity contribution in [2.75, 3.05) is 0 Å². The Morgan fingerprint density at radius 1 is 1.29 bits per heavy atom. The molecule has 0 unspecified atom stereocenters. The van der Waals surface area contributed by atoms with Crippen molar-refractivity contribution in [3.63, 3.8) is 0 Å². The highest BCUT2D eigenvalue weighted by molar-refractivity contribution is 5.89. The van der Waals surface area contributed by atoms with Gasteiger partial charge in [-0.3, -0.25) is 10.1 Å². The molecule has 0 bridgehead atoms. The highest BCUT2D eigenvalue weighted by Crippen LogP contribution is 2.27. The van der Waals surface area contributed by atoms with E-state index in [9.17, 15) is 19.3 Å². The number of nitrogens with zero attached hydrogens (tertiary/aromatic N) is 1. The molecule has 7 heteroatoms. The maximum Gasteiger partial charge on any atom is 0.336 e. The molecule has 1 N–H and O–H groups in total. The summed E-state index contributed by atoms with van der Waals surface area (Å²) in [5.41, 5.74) is -0.263. The normalized spacial score (nSPS) is 10.1. The lowest BCUT2D eigenvalue weighted by atomic mass is 10.1. The zero-order valence-electron chi connectivity index (χ0n) is 10.7. The Labute approximate surface area is 118 Å². The molecular weight excluding hydrogens is 281 g/mol. The first-order valence-corrected chi connectivity index (χ1v) is 5.87. The quantitative estimate of drug-likeness (QED) is 0.675. The third kappa shape index (κ3) is 3.33. The molecule has 0 radical (unpaired) electrons. The summed E-state index contributed by atoms with van der Waals surface area (Å²) in [6.45, 7) is -0.287. The van der Waals surface area contributed by atoms with Gasteiger partial charge in [0.25, 0.3) is 0 Å². The first kappa shape index (κ1) is 14.4. The molecule has 6 nitrogen and oxygen atoms in total. The molecule has 21 heavy (non-hydrogen) atoms. The summed E-state index contributed by atoms with van der Waals surface area (Å²) in [4.78, 5) is 21.3. The van der Waals surface area contributed by atoms with E-state index in [1.54, 1.807) is 6.07 Å². The Kier molecular flexibility index (Phi) is 4.13. The summed E-state index contributed by atoms with van der Waals surface area (Å²) in [5, 5.41) is 19.8. The van der Waals surface area contributed by atoms with Crippen molar-refractivity contribution in [3.05, 3.63) is 69.5 Å². The van der Waals surface area contributed by atoms with Gasteiger partial charge in [0.05, 0.1) is 10.5 Å². The maximum atomic E-state index is 13.2. The Hall–Kier alpha value is -2.96. The summed E-state index contributed by atoms with van der Waals surface area (Å²) in [5.74, 6) is -1.85. The van der Waals surface area contributed by atoms with Gasteiger partial charge in [-0.1, -0.05) is 12.1 Å². The van der Waals surface area contributed by atoms with Crippen molar-refractivity contribution in [2.45, 2.75) is 6.61 Å². The molecule has 0 saturated carbocycles. The second kappa shape index (κ2) is 6.00. The fourth-order valence-corrected chi connectivity index (χ4v) is 1.78. The fourth-order valence-electron chi connectivity index (χ4n) is 1.78. The van der Waals surface area contributed by atoms with E-state index < -0.39 is 16.7 Å². The average Bonchev–Trinajstić information content (AvgIpc) is 2.45. The van der Waals surface area contributed by atoms with Gasteiger partial charge in [-0.05, 0) is 24.3 Å². The van der Waals surface area contributed by atoms with E-state index in [2.05, 4.69) is 0 Å². The van der Waals surface area contributed by atoms with E-state index in [0.717, 1.165) is 18.2 Å². The van der Waals surface area contributed by atoms with Gasteiger partial charge in [0, 0.05) is 11.6 Å². The number of ether oxygens (including phenoxy) is 1. The molecule has 0 aromatic heterocycles. The highest BCUT2D eigenvalue weighted by atomic mass is 19.1. The lowest BCUT2D eigenvalue weighted by Crippen LogP contribution is -2.07. The first-order chi connectivity index (χ1) is 9.99. The smallest absolute Gasteiger partial charge is 0.336 e. The number of carboxylic acids is 1. The molecule has 0 aliphatic heterocycles. The van der Waals surface area contributed by atoms with Gasteiger partial charge in [-0.2, -0.15) is 0 Å². The topological polar surface area (TPSA) is 89.7 Å². The zero-order valence-corrected chi connectivity index (χ0v) is 10.7. The molecule has 2 aromatic carbocycles. The van der Waals surface area contributed by atoms with E-state index in [1.165, 1.54) is 18.2 Å². The van der Waals surface area contributed by atoms with Crippen molar-refractivity contribution in [1.29, 1.82) is 0 Å². The predicted molar refractivity (Wildman–Crippen MR) is 70.8 cm³/mol. The Morgan fingerprint density at radius 3 is 2.67 bits per heavy atom. The van der Waals surface area contributed by atoms with Crippen molar-refractivity contribution in [3.8, 4) is 5.75 Å². The summed E-state index contributed by atoms with van der Waals surface area (Å²) in [7, 11) is 0. The predicted octanol–water partition coefficient (Wildman–Crippen LogP) is 3.01. The number of nitro groups is 1. The van der Waals surface area contributed by atoms with Crippen molar-refractivity contribution in [2.24, 2.45) is 0 Å². The molecule has 0 atom stereocenters. The third-order valence-electron chi connectivity index (χ3n) is 2.74. The van der Waals surface area contributed by atoms with E-state index in [0.29, 0.717) is 0 Å². The van der Waals surface area contributed by atoms with Gasteiger partial charge in [-0.15, -0.1) is 0 Å². The summed E-state index contributed by atoms with van der Waals surface area (Å²) < 4.78 is 18.4. The van der Waals surface area contributed by atoms with Gasteiger partial charge < -0.3 is 9.84 Å². The lowest BCUT2D eigenvalue weighted by molar-refractivity contribution is -0.385. The zero-order chi connectivity index (χ0) is 15.4. The van der Waals surface area contributed by atoms with Crippen molar-refractivity contribution >= 4 is 11.7 Å². The number of aromatic carboxylic acids is 1. The third-order valence-corrected chi connectivity index (χ3v) is 2.74. The van der Waals surface area contributed by atoms with Crippen LogP contribution in [-0.2, 0) is 6.61 Å². The SMILES string of the molecule is O=C(O)c1ccc(F)cc1COc1ccccc1[N+](=O)[O-]. The number of rotatable bonds is 5. The van der Waals surface area contributed by atoms with Crippen LogP contribution in [0.2, 0.25) is 0 Å². The first-order valence-electron chi connectivity index (χ1n) is 5.87. The molecule has 0 aliphatic carbocycles. The largest absolute Gasteiger partial charge is 0.482 e.